The maximum Gasteiger partial charge on any atom is 0.414 e. The lowest BCUT2D eigenvalue weighted by molar-refractivity contribution is 0.160. The number of para-hydroxylation sites is 1. The number of benzene rings is 1. The van der Waals surface area contributed by atoms with Crippen molar-refractivity contribution in [3.05, 3.63) is 29.8 Å². The van der Waals surface area contributed by atoms with Crippen LogP contribution >= 0.6 is 0 Å². The highest BCUT2D eigenvalue weighted by atomic mass is 16.6. The zero-order valence-corrected chi connectivity index (χ0v) is 10.1. The molecule has 0 radical (unpaired) electrons. The van der Waals surface area contributed by atoms with E-state index in [2.05, 4.69) is 6.07 Å². The number of nitrogens with zero attached hydrogens (tertiary/aromatic N) is 1. The maximum atomic E-state index is 11.8. The fourth-order valence-electron chi connectivity index (χ4n) is 2.32. The molecule has 1 heterocycles. The van der Waals surface area contributed by atoms with Crippen molar-refractivity contribution in [3.63, 3.8) is 0 Å². The molecule has 0 bridgehead atoms. The lowest BCUT2D eigenvalue weighted by Gasteiger charge is -2.16. The normalized spacial score (nSPS) is 18.0. The molecule has 2 rings (SSSR count). The van der Waals surface area contributed by atoms with Crippen LogP contribution in [0.25, 0.3) is 0 Å². The van der Waals surface area contributed by atoms with Crippen LogP contribution in [0.15, 0.2) is 24.3 Å². The van der Waals surface area contributed by atoms with Crippen molar-refractivity contribution >= 4 is 11.8 Å². The molecule has 1 amide bonds. The van der Waals surface area contributed by atoms with E-state index < -0.39 is 0 Å². The quantitative estimate of drug-likeness (QED) is 0.871. The van der Waals surface area contributed by atoms with Crippen molar-refractivity contribution in [3.8, 4) is 0 Å². The second kappa shape index (κ2) is 5.19. The first kappa shape index (κ1) is 11.9. The van der Waals surface area contributed by atoms with Gasteiger partial charge in [0.15, 0.2) is 0 Å². The maximum absolute atomic E-state index is 11.8. The van der Waals surface area contributed by atoms with Crippen LogP contribution in [-0.2, 0) is 4.74 Å². The lowest BCUT2D eigenvalue weighted by atomic mass is 9.98. The zero-order chi connectivity index (χ0) is 12.3. The Morgan fingerprint density at radius 1 is 1.53 bits per heavy atom. The molecule has 0 saturated carbocycles. The van der Waals surface area contributed by atoms with Crippen molar-refractivity contribution in [2.75, 3.05) is 24.6 Å². The SMILES string of the molecule is CCOC(=O)N1CC(CCN)c2ccccc21. The second-order valence-corrected chi connectivity index (χ2v) is 4.14. The van der Waals surface area contributed by atoms with Gasteiger partial charge in [-0.05, 0) is 31.5 Å². The first-order valence-electron chi connectivity index (χ1n) is 6.01. The van der Waals surface area contributed by atoms with E-state index in [0.717, 1.165) is 12.1 Å². The highest BCUT2D eigenvalue weighted by molar-refractivity contribution is 5.90. The molecule has 1 aliphatic rings. The summed E-state index contributed by atoms with van der Waals surface area (Å²) in [6, 6.07) is 7.96. The standard InChI is InChI=1S/C13H18N2O2/c1-2-17-13(16)15-9-10(7-8-14)11-5-3-4-6-12(11)15/h3-6,10H,2,7-9,14H2,1H3. The molecule has 0 aliphatic carbocycles. The van der Waals surface area contributed by atoms with Crippen molar-refractivity contribution in [2.24, 2.45) is 5.73 Å². The fraction of sp³-hybridized carbons (Fsp3) is 0.462. The lowest BCUT2D eigenvalue weighted by Crippen LogP contribution is -2.30. The highest BCUT2D eigenvalue weighted by Gasteiger charge is 2.32. The Morgan fingerprint density at radius 3 is 3.00 bits per heavy atom. The van der Waals surface area contributed by atoms with Gasteiger partial charge >= 0.3 is 6.09 Å². The number of hydrogen-bond donors (Lipinski definition) is 1. The van der Waals surface area contributed by atoms with Crippen LogP contribution in [0.4, 0.5) is 10.5 Å². The van der Waals surface area contributed by atoms with Crippen LogP contribution < -0.4 is 10.6 Å². The van der Waals surface area contributed by atoms with Gasteiger partial charge in [0, 0.05) is 12.5 Å². The average Bonchev–Trinajstić information content (AvgIpc) is 2.70. The van der Waals surface area contributed by atoms with E-state index in [4.69, 9.17) is 10.5 Å². The number of amides is 1. The molecular weight excluding hydrogens is 216 g/mol. The van der Waals surface area contributed by atoms with Crippen LogP contribution in [0.5, 0.6) is 0 Å². The number of fused-ring (bicyclic) bond motifs is 1. The van der Waals surface area contributed by atoms with E-state index in [9.17, 15) is 4.79 Å². The minimum absolute atomic E-state index is 0.264. The number of hydrogen-bond acceptors (Lipinski definition) is 3. The summed E-state index contributed by atoms with van der Waals surface area (Å²) in [7, 11) is 0. The summed E-state index contributed by atoms with van der Waals surface area (Å²) < 4.78 is 5.06. The molecule has 0 saturated heterocycles. The van der Waals surface area contributed by atoms with Gasteiger partial charge in [-0.15, -0.1) is 0 Å². The molecule has 92 valence electrons. The van der Waals surface area contributed by atoms with E-state index in [0.29, 0.717) is 25.6 Å². The number of ether oxygens (including phenoxy) is 1. The van der Waals surface area contributed by atoms with Crippen LogP contribution in [0.2, 0.25) is 0 Å². The summed E-state index contributed by atoms with van der Waals surface area (Å²) >= 11 is 0. The molecule has 1 unspecified atom stereocenters. The van der Waals surface area contributed by atoms with Gasteiger partial charge in [-0.1, -0.05) is 18.2 Å². The Balaban J connectivity index is 2.25. The van der Waals surface area contributed by atoms with E-state index >= 15 is 0 Å². The minimum atomic E-state index is -0.264. The first-order valence-corrected chi connectivity index (χ1v) is 6.01. The molecule has 1 atom stereocenters. The van der Waals surface area contributed by atoms with Gasteiger partial charge in [0.2, 0.25) is 0 Å². The average molecular weight is 234 g/mol. The molecule has 0 fully saturated rings. The molecule has 1 aliphatic heterocycles. The van der Waals surface area contributed by atoms with E-state index in [1.54, 1.807) is 4.90 Å². The number of rotatable bonds is 3. The van der Waals surface area contributed by atoms with Gasteiger partial charge < -0.3 is 10.5 Å². The number of nitrogens with two attached hydrogens (primary N) is 1. The van der Waals surface area contributed by atoms with Gasteiger partial charge in [-0.2, -0.15) is 0 Å². The fourth-order valence-corrected chi connectivity index (χ4v) is 2.32. The van der Waals surface area contributed by atoms with Gasteiger partial charge in [0.1, 0.15) is 0 Å². The summed E-state index contributed by atoms with van der Waals surface area (Å²) in [6.07, 6.45) is 0.631. The molecule has 1 aromatic rings. The van der Waals surface area contributed by atoms with Crippen molar-refractivity contribution in [2.45, 2.75) is 19.3 Å². The van der Waals surface area contributed by atoms with Gasteiger partial charge in [-0.3, -0.25) is 4.90 Å². The highest BCUT2D eigenvalue weighted by Crippen LogP contribution is 2.37. The molecule has 0 aromatic heterocycles. The Labute approximate surface area is 101 Å². The Kier molecular flexibility index (Phi) is 3.64. The molecule has 4 heteroatoms. The first-order chi connectivity index (χ1) is 8.27. The number of carbonyl (C=O) groups is 1. The zero-order valence-electron chi connectivity index (χ0n) is 10.1. The van der Waals surface area contributed by atoms with Crippen molar-refractivity contribution in [1.29, 1.82) is 0 Å². The Bertz CT molecular complexity index is 406. The molecule has 17 heavy (non-hydrogen) atoms. The van der Waals surface area contributed by atoms with Crippen LogP contribution in [0, 0.1) is 0 Å². The summed E-state index contributed by atoms with van der Waals surface area (Å²) in [6.45, 7) is 3.53. The second-order valence-electron chi connectivity index (χ2n) is 4.14. The van der Waals surface area contributed by atoms with Crippen LogP contribution in [0.1, 0.15) is 24.8 Å². The molecule has 4 nitrogen and oxygen atoms in total. The monoisotopic (exact) mass is 234 g/mol. The van der Waals surface area contributed by atoms with E-state index in [1.807, 2.05) is 25.1 Å². The van der Waals surface area contributed by atoms with Crippen LogP contribution in [-0.4, -0.2) is 25.8 Å². The Morgan fingerprint density at radius 2 is 2.29 bits per heavy atom. The third kappa shape index (κ3) is 2.26. The van der Waals surface area contributed by atoms with Gasteiger partial charge in [0.05, 0.1) is 12.3 Å². The summed E-state index contributed by atoms with van der Waals surface area (Å²) in [5.74, 6) is 0.334. The summed E-state index contributed by atoms with van der Waals surface area (Å²) in [5, 5.41) is 0. The molecule has 1 aromatic carbocycles. The Hall–Kier alpha value is -1.55. The van der Waals surface area contributed by atoms with Gasteiger partial charge in [0.25, 0.3) is 0 Å². The third-order valence-electron chi connectivity index (χ3n) is 3.07. The van der Waals surface area contributed by atoms with Gasteiger partial charge in [-0.25, -0.2) is 4.79 Å². The molecule has 0 spiro atoms. The predicted octanol–water partition coefficient (Wildman–Crippen LogP) is 2.10. The summed E-state index contributed by atoms with van der Waals surface area (Å²) in [4.78, 5) is 13.5. The largest absolute Gasteiger partial charge is 0.449 e. The number of carbonyl (C=O) groups excluding carboxylic acids is 1. The summed E-state index contributed by atoms with van der Waals surface area (Å²) in [5.41, 5.74) is 7.77. The number of anilines is 1. The van der Waals surface area contributed by atoms with Crippen LogP contribution in [0.3, 0.4) is 0 Å². The molecule has 2 N–H and O–H groups in total. The minimum Gasteiger partial charge on any atom is -0.449 e. The smallest absolute Gasteiger partial charge is 0.414 e. The third-order valence-corrected chi connectivity index (χ3v) is 3.07. The molecular formula is C13H18N2O2. The topological polar surface area (TPSA) is 55.6 Å². The predicted molar refractivity (Wildman–Crippen MR) is 67.2 cm³/mol. The van der Waals surface area contributed by atoms with E-state index in [1.165, 1.54) is 5.56 Å². The van der Waals surface area contributed by atoms with Crippen molar-refractivity contribution < 1.29 is 9.53 Å². The van der Waals surface area contributed by atoms with E-state index in [-0.39, 0.29) is 6.09 Å². The van der Waals surface area contributed by atoms with Crippen molar-refractivity contribution in [1.82, 2.24) is 0 Å².